The van der Waals surface area contributed by atoms with Crippen molar-refractivity contribution in [2.24, 2.45) is 0 Å². The molecule has 0 unspecified atom stereocenters. The standard InChI is InChI=1S/C26H22ClF2N5O4/c1-3-19(36)32-10-17-25(37)31-22-23(33(17)9-11(32)2)12-7-13(27)21(20-14(28)5-4-6-18(20)35)30-24(12)34(26(22)38)16-8-15(16)29/h3-7,11,15-17,35H,1,8-10H2,2H3,(H,31,37)/t11-,15+,16-,17-/m1/s1. The summed E-state index contributed by atoms with van der Waals surface area (Å²) in [5.74, 6) is -1.97. The average Bonchev–Trinajstić information content (AvgIpc) is 3.59. The first kappa shape index (κ1) is 24.4. The Morgan fingerprint density at radius 2 is 2.05 bits per heavy atom. The highest BCUT2D eigenvalue weighted by Gasteiger charge is 2.46. The largest absolute Gasteiger partial charge is 0.507 e. The third-order valence-corrected chi connectivity index (χ3v) is 7.67. The van der Waals surface area contributed by atoms with Gasteiger partial charge < -0.3 is 20.2 Å². The number of anilines is 2. The van der Waals surface area contributed by atoms with Crippen molar-refractivity contribution in [3.63, 3.8) is 0 Å². The molecule has 0 radical (unpaired) electrons. The van der Waals surface area contributed by atoms with Crippen LogP contribution in [0.5, 0.6) is 5.75 Å². The van der Waals surface area contributed by atoms with Gasteiger partial charge in [-0.1, -0.05) is 24.2 Å². The summed E-state index contributed by atoms with van der Waals surface area (Å²) in [5, 5.41) is 13.4. The maximum absolute atomic E-state index is 14.8. The minimum atomic E-state index is -1.29. The first-order valence-electron chi connectivity index (χ1n) is 12.0. The number of phenols is 1. The lowest BCUT2D eigenvalue weighted by atomic mass is 9.99. The number of piperazine rings is 1. The quantitative estimate of drug-likeness (QED) is 0.492. The highest BCUT2D eigenvalue weighted by atomic mass is 35.5. The topological polar surface area (TPSA) is 108 Å². The summed E-state index contributed by atoms with van der Waals surface area (Å²) in [6.45, 7) is 5.61. The molecule has 2 aromatic heterocycles. The molecule has 3 aliphatic rings. The number of aromatic hydroxyl groups is 1. The predicted molar refractivity (Wildman–Crippen MR) is 138 cm³/mol. The molecular formula is C26H22ClF2N5O4. The minimum absolute atomic E-state index is 0.0140. The monoisotopic (exact) mass is 541 g/mol. The van der Waals surface area contributed by atoms with Crippen LogP contribution in [-0.2, 0) is 9.59 Å². The molecular weight excluding hydrogens is 520 g/mol. The minimum Gasteiger partial charge on any atom is -0.507 e. The van der Waals surface area contributed by atoms with Crippen molar-refractivity contribution in [1.29, 1.82) is 0 Å². The lowest BCUT2D eigenvalue weighted by molar-refractivity contribution is -0.130. The smallest absolute Gasteiger partial charge is 0.278 e. The van der Waals surface area contributed by atoms with Gasteiger partial charge in [0.25, 0.3) is 5.56 Å². The second-order valence-corrected chi connectivity index (χ2v) is 10.2. The fourth-order valence-corrected chi connectivity index (χ4v) is 5.67. The van der Waals surface area contributed by atoms with Gasteiger partial charge in [-0.2, -0.15) is 0 Å². The summed E-state index contributed by atoms with van der Waals surface area (Å²) in [4.78, 5) is 47.0. The summed E-state index contributed by atoms with van der Waals surface area (Å²) >= 11 is 6.58. The highest BCUT2D eigenvalue weighted by Crippen LogP contribution is 2.46. The summed E-state index contributed by atoms with van der Waals surface area (Å²) in [6, 6.07) is 3.27. The molecule has 2 fully saturated rings. The van der Waals surface area contributed by atoms with Crippen LogP contribution in [0.3, 0.4) is 0 Å². The second kappa shape index (κ2) is 8.52. The van der Waals surface area contributed by atoms with Gasteiger partial charge in [0.1, 0.15) is 35.1 Å². The molecule has 196 valence electrons. The number of carbonyl (C=O) groups is 2. The third-order valence-electron chi connectivity index (χ3n) is 7.38. The number of carbonyl (C=O) groups excluding carboxylic acids is 2. The van der Waals surface area contributed by atoms with Gasteiger partial charge in [0.2, 0.25) is 11.8 Å². The average molecular weight is 542 g/mol. The Labute approximate surface area is 219 Å². The van der Waals surface area contributed by atoms with Crippen molar-refractivity contribution < 1.29 is 23.5 Å². The van der Waals surface area contributed by atoms with Crippen LogP contribution in [0, 0.1) is 5.82 Å². The number of benzene rings is 1. The second-order valence-electron chi connectivity index (χ2n) is 9.74. The normalized spacial score (nSPS) is 24.1. The molecule has 1 aliphatic carbocycles. The Morgan fingerprint density at radius 3 is 2.71 bits per heavy atom. The van der Waals surface area contributed by atoms with Crippen molar-refractivity contribution in [3.05, 3.63) is 58.1 Å². The molecule has 4 atom stereocenters. The Morgan fingerprint density at radius 1 is 1.32 bits per heavy atom. The van der Waals surface area contributed by atoms with Gasteiger partial charge in [0.05, 0.1) is 34.6 Å². The third kappa shape index (κ3) is 3.48. The summed E-state index contributed by atoms with van der Waals surface area (Å²) in [6.07, 6.45) is -0.0347. The van der Waals surface area contributed by atoms with E-state index in [0.29, 0.717) is 11.1 Å². The van der Waals surface area contributed by atoms with E-state index in [1.54, 1.807) is 4.90 Å². The number of alkyl halides is 1. The zero-order chi connectivity index (χ0) is 27.0. The lowest BCUT2D eigenvalue weighted by Gasteiger charge is -2.48. The number of fused-ring (bicyclic) bond motifs is 5. The number of halogens is 3. The number of nitrogens with one attached hydrogen (secondary N) is 1. The highest BCUT2D eigenvalue weighted by molar-refractivity contribution is 6.34. The number of hydrogen-bond donors (Lipinski definition) is 2. The molecule has 38 heavy (non-hydrogen) atoms. The predicted octanol–water partition coefficient (Wildman–Crippen LogP) is 3.39. The molecule has 1 saturated heterocycles. The van der Waals surface area contributed by atoms with Crippen LogP contribution in [0.1, 0.15) is 19.4 Å². The first-order chi connectivity index (χ1) is 18.1. The lowest BCUT2D eigenvalue weighted by Crippen LogP contribution is -2.64. The maximum Gasteiger partial charge on any atom is 0.278 e. The van der Waals surface area contributed by atoms with Crippen molar-refractivity contribution in [3.8, 4) is 17.0 Å². The van der Waals surface area contributed by atoms with Crippen molar-refractivity contribution in [2.75, 3.05) is 23.3 Å². The Balaban J connectivity index is 1.62. The van der Waals surface area contributed by atoms with E-state index >= 15 is 0 Å². The van der Waals surface area contributed by atoms with Gasteiger partial charge in [0.15, 0.2) is 0 Å². The van der Waals surface area contributed by atoms with Gasteiger partial charge in [-0.25, -0.2) is 13.8 Å². The van der Waals surface area contributed by atoms with Crippen LogP contribution in [0.15, 0.2) is 41.7 Å². The maximum atomic E-state index is 14.8. The fraction of sp³-hybridized carbons (Fsp3) is 0.308. The van der Waals surface area contributed by atoms with Crippen molar-refractivity contribution >= 4 is 45.8 Å². The van der Waals surface area contributed by atoms with Crippen LogP contribution in [0.2, 0.25) is 5.02 Å². The Bertz CT molecular complexity index is 1610. The molecule has 1 saturated carbocycles. The van der Waals surface area contributed by atoms with E-state index in [1.807, 2.05) is 6.92 Å². The van der Waals surface area contributed by atoms with E-state index in [1.165, 1.54) is 29.2 Å². The molecule has 12 heteroatoms. The van der Waals surface area contributed by atoms with Gasteiger partial charge in [0, 0.05) is 24.4 Å². The zero-order valence-electron chi connectivity index (χ0n) is 20.1. The molecule has 2 amide bonds. The Kier molecular flexibility index (Phi) is 5.46. The number of rotatable bonds is 3. The van der Waals surface area contributed by atoms with Gasteiger partial charge in [-0.15, -0.1) is 0 Å². The fourth-order valence-electron chi connectivity index (χ4n) is 5.43. The van der Waals surface area contributed by atoms with Crippen LogP contribution in [0.25, 0.3) is 22.3 Å². The summed E-state index contributed by atoms with van der Waals surface area (Å²) < 4.78 is 30.2. The number of aromatic nitrogens is 2. The molecule has 6 rings (SSSR count). The van der Waals surface area contributed by atoms with Crippen LogP contribution >= 0.6 is 11.6 Å². The number of amides is 2. The molecule has 9 nitrogen and oxygen atoms in total. The number of pyridine rings is 2. The van der Waals surface area contributed by atoms with E-state index in [9.17, 15) is 28.3 Å². The van der Waals surface area contributed by atoms with E-state index in [4.69, 9.17) is 11.6 Å². The van der Waals surface area contributed by atoms with Gasteiger partial charge >= 0.3 is 0 Å². The zero-order valence-corrected chi connectivity index (χ0v) is 20.9. The number of hydrogen-bond acceptors (Lipinski definition) is 6. The first-order valence-corrected chi connectivity index (χ1v) is 12.4. The molecule has 4 heterocycles. The van der Waals surface area contributed by atoms with Gasteiger partial charge in [-0.05, 0) is 31.2 Å². The Hall–Kier alpha value is -3.99. The van der Waals surface area contributed by atoms with E-state index < -0.39 is 41.3 Å². The van der Waals surface area contributed by atoms with E-state index in [0.717, 1.165) is 10.6 Å². The van der Waals surface area contributed by atoms with E-state index in [-0.39, 0.29) is 59.1 Å². The summed E-state index contributed by atoms with van der Waals surface area (Å²) in [7, 11) is 0. The molecule has 1 aromatic carbocycles. The number of nitrogens with zero attached hydrogens (tertiary/aromatic N) is 4. The molecule has 3 aromatic rings. The van der Waals surface area contributed by atoms with Crippen LogP contribution < -0.4 is 15.8 Å². The molecule has 0 bridgehead atoms. The van der Waals surface area contributed by atoms with Crippen molar-refractivity contribution in [1.82, 2.24) is 14.5 Å². The van der Waals surface area contributed by atoms with Crippen LogP contribution in [0.4, 0.5) is 20.2 Å². The van der Waals surface area contributed by atoms with Crippen LogP contribution in [-0.4, -0.2) is 62.7 Å². The molecule has 2 aliphatic heterocycles. The van der Waals surface area contributed by atoms with E-state index in [2.05, 4.69) is 16.9 Å². The molecule has 0 spiro atoms. The van der Waals surface area contributed by atoms with Crippen molar-refractivity contribution in [2.45, 2.75) is 37.6 Å². The summed E-state index contributed by atoms with van der Waals surface area (Å²) in [5.41, 5.74) is -0.649. The SMILES string of the molecule is C=CC(=O)N1C[C@@H]2C(=O)Nc3c(c4cc(Cl)c(-c5c(O)cccc5F)nc4n([C@@H]4C[C@@H]4F)c3=O)N2C[C@H]1C. The van der Waals surface area contributed by atoms with Gasteiger partial charge in [-0.3, -0.25) is 19.0 Å². The molecule has 2 N–H and O–H groups in total. The number of phenolic OH excluding ortho intramolecular Hbond substituents is 1.